The average Bonchev–Trinajstić information content (AvgIpc) is 3.28. The topological polar surface area (TPSA) is 65.4 Å². The van der Waals surface area contributed by atoms with Gasteiger partial charge in [0.05, 0.1) is 13.2 Å². The van der Waals surface area contributed by atoms with Crippen LogP contribution in [-0.4, -0.2) is 22.3 Å². The van der Waals surface area contributed by atoms with Crippen LogP contribution in [0.5, 0.6) is 11.5 Å². The van der Waals surface area contributed by atoms with Crippen LogP contribution in [0.1, 0.15) is 28.4 Å². The maximum Gasteiger partial charge on any atom is 0.256 e. The van der Waals surface area contributed by atoms with Crippen LogP contribution in [0.3, 0.4) is 0 Å². The van der Waals surface area contributed by atoms with E-state index in [0.29, 0.717) is 41.2 Å². The number of hydrogen-bond acceptors (Lipinski definition) is 4. The highest BCUT2D eigenvalue weighted by Crippen LogP contribution is 2.25. The largest absolute Gasteiger partial charge is 0.494 e. The molecule has 0 bridgehead atoms. The second kappa shape index (κ2) is 11.1. The third-order valence-electron chi connectivity index (χ3n) is 4.99. The molecule has 3 aromatic carbocycles. The summed E-state index contributed by atoms with van der Waals surface area (Å²) < 4.78 is 12.9. The van der Waals surface area contributed by atoms with Gasteiger partial charge in [0.1, 0.15) is 18.1 Å². The number of aromatic nitrogens is 2. The van der Waals surface area contributed by atoms with Crippen molar-refractivity contribution in [1.29, 1.82) is 0 Å². The first-order valence-electron chi connectivity index (χ1n) is 10.7. The van der Waals surface area contributed by atoms with Gasteiger partial charge in [0, 0.05) is 33.4 Å². The summed E-state index contributed by atoms with van der Waals surface area (Å²) in [6.45, 7) is 3.29. The fourth-order valence-electron chi connectivity index (χ4n) is 3.32. The predicted octanol–water partition coefficient (Wildman–Crippen LogP) is 6.47. The molecule has 0 saturated carbocycles. The molecule has 0 fully saturated rings. The van der Waals surface area contributed by atoms with E-state index in [2.05, 4.69) is 10.4 Å². The second-order valence-electron chi connectivity index (χ2n) is 7.45. The zero-order valence-corrected chi connectivity index (χ0v) is 20.0. The molecule has 0 spiro atoms. The number of amides is 1. The summed E-state index contributed by atoms with van der Waals surface area (Å²) >= 11 is 12.5. The Kier molecular flexibility index (Phi) is 7.72. The lowest BCUT2D eigenvalue weighted by Gasteiger charge is -2.09. The molecule has 0 aliphatic carbocycles. The Morgan fingerprint density at radius 2 is 1.62 bits per heavy atom. The zero-order valence-electron chi connectivity index (χ0n) is 18.5. The first-order valence-corrected chi connectivity index (χ1v) is 11.5. The van der Waals surface area contributed by atoms with Crippen molar-refractivity contribution in [3.63, 3.8) is 0 Å². The summed E-state index contributed by atoms with van der Waals surface area (Å²) in [6, 6.07) is 21.8. The minimum Gasteiger partial charge on any atom is -0.494 e. The van der Waals surface area contributed by atoms with E-state index < -0.39 is 0 Å². The summed E-state index contributed by atoms with van der Waals surface area (Å²) in [5.41, 5.74) is 2.16. The molecule has 6 nitrogen and oxygen atoms in total. The normalized spacial score (nSPS) is 10.7. The van der Waals surface area contributed by atoms with E-state index in [-0.39, 0.29) is 5.91 Å². The van der Waals surface area contributed by atoms with Gasteiger partial charge in [0.25, 0.3) is 5.91 Å². The van der Waals surface area contributed by atoms with E-state index in [0.717, 1.165) is 22.6 Å². The summed E-state index contributed by atoms with van der Waals surface area (Å²) in [5.74, 6) is 1.70. The van der Waals surface area contributed by atoms with Crippen molar-refractivity contribution < 1.29 is 14.3 Å². The van der Waals surface area contributed by atoms with Gasteiger partial charge in [0.2, 0.25) is 0 Å². The van der Waals surface area contributed by atoms with Gasteiger partial charge in [0.15, 0.2) is 5.82 Å². The first-order chi connectivity index (χ1) is 16.5. The van der Waals surface area contributed by atoms with Crippen LogP contribution >= 0.6 is 23.2 Å². The van der Waals surface area contributed by atoms with Crippen molar-refractivity contribution in [2.24, 2.45) is 0 Å². The number of anilines is 1. The van der Waals surface area contributed by atoms with Crippen molar-refractivity contribution in [2.45, 2.75) is 20.1 Å². The summed E-state index contributed by atoms with van der Waals surface area (Å²) in [7, 11) is 0. The van der Waals surface area contributed by atoms with Crippen molar-refractivity contribution >= 4 is 34.9 Å². The van der Waals surface area contributed by atoms with Crippen LogP contribution in [0.4, 0.5) is 5.82 Å². The highest BCUT2D eigenvalue weighted by atomic mass is 35.5. The minimum absolute atomic E-state index is 0.260. The molecule has 1 heterocycles. The van der Waals surface area contributed by atoms with E-state index in [9.17, 15) is 4.79 Å². The molecule has 1 N–H and O–H groups in total. The highest BCUT2D eigenvalue weighted by Gasteiger charge is 2.11. The molecule has 0 aliphatic rings. The number of halogens is 2. The number of carbonyl (C=O) groups is 1. The Hall–Kier alpha value is -3.48. The van der Waals surface area contributed by atoms with E-state index >= 15 is 0 Å². The van der Waals surface area contributed by atoms with E-state index in [1.54, 1.807) is 47.3 Å². The van der Waals surface area contributed by atoms with Crippen molar-refractivity contribution in [3.05, 3.63) is 106 Å². The number of nitrogens with one attached hydrogen (secondary N) is 1. The number of hydrogen-bond donors (Lipinski definition) is 1. The quantitative estimate of drug-likeness (QED) is 0.289. The average molecular weight is 496 g/mol. The van der Waals surface area contributed by atoms with E-state index in [1.807, 2.05) is 43.3 Å². The number of nitrogens with zero attached hydrogens (tertiary/aromatic N) is 2. The molecule has 0 atom stereocenters. The molecule has 34 heavy (non-hydrogen) atoms. The van der Waals surface area contributed by atoms with Crippen molar-refractivity contribution in [3.8, 4) is 11.5 Å². The van der Waals surface area contributed by atoms with E-state index in [1.165, 1.54) is 0 Å². The molecule has 1 amide bonds. The number of rotatable bonds is 9. The Morgan fingerprint density at radius 3 is 2.32 bits per heavy atom. The summed E-state index contributed by atoms with van der Waals surface area (Å²) in [4.78, 5) is 12.8. The van der Waals surface area contributed by atoms with Crippen LogP contribution in [0.2, 0.25) is 10.0 Å². The van der Waals surface area contributed by atoms with Crippen LogP contribution < -0.4 is 14.8 Å². The highest BCUT2D eigenvalue weighted by molar-refractivity contribution is 6.35. The van der Waals surface area contributed by atoms with Crippen molar-refractivity contribution in [1.82, 2.24) is 9.78 Å². The maximum atomic E-state index is 12.8. The fraction of sp³-hybridized carbons (Fsp3) is 0.154. The van der Waals surface area contributed by atoms with Crippen LogP contribution in [0.25, 0.3) is 0 Å². The molecular formula is C26H23Cl2N3O3. The molecular weight excluding hydrogens is 473 g/mol. The monoisotopic (exact) mass is 495 g/mol. The Labute approximate surface area is 208 Å². The third kappa shape index (κ3) is 6.10. The SMILES string of the molecule is CCOc1ccc(OCc2cccc(C(=O)Nc3ccn(Cc4c(Cl)cccc4Cl)n3)c2)cc1. The Morgan fingerprint density at radius 1 is 0.941 bits per heavy atom. The minimum atomic E-state index is -0.260. The predicted molar refractivity (Wildman–Crippen MR) is 134 cm³/mol. The Balaban J connectivity index is 1.36. The molecule has 8 heteroatoms. The van der Waals surface area contributed by atoms with Crippen molar-refractivity contribution in [2.75, 3.05) is 11.9 Å². The number of carbonyl (C=O) groups excluding carboxylic acids is 1. The second-order valence-corrected chi connectivity index (χ2v) is 8.26. The van der Waals surface area contributed by atoms with Gasteiger partial charge in [-0.2, -0.15) is 5.10 Å². The van der Waals surface area contributed by atoms with Crippen LogP contribution in [0.15, 0.2) is 79.0 Å². The molecule has 4 rings (SSSR count). The van der Waals surface area contributed by atoms with Crippen LogP contribution in [0, 0.1) is 0 Å². The molecule has 0 saturated heterocycles. The number of benzene rings is 3. The van der Waals surface area contributed by atoms with Gasteiger partial charge >= 0.3 is 0 Å². The van der Waals surface area contributed by atoms with E-state index in [4.69, 9.17) is 32.7 Å². The fourth-order valence-corrected chi connectivity index (χ4v) is 3.84. The van der Waals surface area contributed by atoms with Gasteiger partial charge in [-0.25, -0.2) is 0 Å². The number of ether oxygens (including phenoxy) is 2. The zero-order chi connectivity index (χ0) is 23.9. The molecule has 0 radical (unpaired) electrons. The molecule has 0 unspecified atom stereocenters. The standard InChI is InChI=1S/C26H23Cl2N3O3/c1-2-33-20-9-11-21(12-10-20)34-17-18-5-3-6-19(15-18)26(32)29-25-13-14-31(30-25)16-22-23(27)7-4-8-24(22)28/h3-15H,2,16-17H2,1H3,(H,29,30,32). The molecule has 1 aromatic heterocycles. The lowest BCUT2D eigenvalue weighted by atomic mass is 10.1. The maximum absolute atomic E-state index is 12.8. The smallest absolute Gasteiger partial charge is 0.256 e. The van der Waals surface area contributed by atoms with Gasteiger partial charge < -0.3 is 14.8 Å². The van der Waals surface area contributed by atoms with Gasteiger partial charge in [-0.05, 0) is 61.0 Å². The van der Waals surface area contributed by atoms with Gasteiger partial charge in [-0.15, -0.1) is 0 Å². The summed E-state index contributed by atoms with van der Waals surface area (Å²) in [5, 5.41) is 8.36. The van der Waals surface area contributed by atoms with Gasteiger partial charge in [-0.3, -0.25) is 9.48 Å². The third-order valence-corrected chi connectivity index (χ3v) is 5.70. The first kappa shape index (κ1) is 23.7. The molecule has 0 aliphatic heterocycles. The van der Waals surface area contributed by atoms with Crippen LogP contribution in [-0.2, 0) is 13.2 Å². The lowest BCUT2D eigenvalue weighted by Crippen LogP contribution is -2.13. The molecule has 174 valence electrons. The Bertz CT molecular complexity index is 1250. The summed E-state index contributed by atoms with van der Waals surface area (Å²) in [6.07, 6.45) is 1.76. The lowest BCUT2D eigenvalue weighted by molar-refractivity contribution is 0.102. The molecule has 4 aromatic rings. The van der Waals surface area contributed by atoms with Gasteiger partial charge in [-0.1, -0.05) is 41.4 Å².